The van der Waals surface area contributed by atoms with Crippen LogP contribution < -0.4 is 4.90 Å². The number of anilines is 1. The van der Waals surface area contributed by atoms with Crippen molar-refractivity contribution in [3.63, 3.8) is 0 Å². The summed E-state index contributed by atoms with van der Waals surface area (Å²) in [7, 11) is 0. The van der Waals surface area contributed by atoms with Crippen LogP contribution in [0.5, 0.6) is 0 Å². The van der Waals surface area contributed by atoms with E-state index in [4.69, 9.17) is 9.15 Å². The summed E-state index contributed by atoms with van der Waals surface area (Å²) in [6, 6.07) is 5.64. The van der Waals surface area contributed by atoms with Gasteiger partial charge in [-0.1, -0.05) is 0 Å². The molecule has 1 unspecified atom stereocenters. The average molecular weight is 385 g/mol. The highest BCUT2D eigenvalue weighted by molar-refractivity contribution is 5.78. The van der Waals surface area contributed by atoms with E-state index in [1.807, 2.05) is 23.1 Å². The van der Waals surface area contributed by atoms with E-state index in [0.29, 0.717) is 26.2 Å². The predicted octanol–water partition coefficient (Wildman–Crippen LogP) is 1.40. The zero-order chi connectivity index (χ0) is 19.2. The third-order valence-corrected chi connectivity index (χ3v) is 5.27. The van der Waals surface area contributed by atoms with Gasteiger partial charge in [0.1, 0.15) is 5.76 Å². The van der Waals surface area contributed by atoms with Gasteiger partial charge in [-0.3, -0.25) is 9.69 Å². The van der Waals surface area contributed by atoms with E-state index in [2.05, 4.69) is 19.8 Å². The molecule has 2 saturated heterocycles. The normalized spacial score (nSPS) is 20.1. The van der Waals surface area contributed by atoms with E-state index in [-0.39, 0.29) is 12.0 Å². The molecule has 2 aromatic rings. The lowest BCUT2D eigenvalue weighted by atomic mass is 10.2. The summed E-state index contributed by atoms with van der Waals surface area (Å²) in [5, 5.41) is 0. The Kier molecular flexibility index (Phi) is 6.18. The number of carbonyl (C=O) groups is 1. The molecular weight excluding hydrogens is 358 g/mol. The van der Waals surface area contributed by atoms with E-state index in [9.17, 15) is 4.79 Å². The molecule has 2 fully saturated rings. The quantitative estimate of drug-likeness (QED) is 0.713. The minimum Gasteiger partial charge on any atom is -0.468 e. The fourth-order valence-corrected chi connectivity index (χ4v) is 3.79. The second-order valence-corrected chi connectivity index (χ2v) is 7.30. The van der Waals surface area contributed by atoms with Crippen LogP contribution in [0.1, 0.15) is 18.6 Å². The van der Waals surface area contributed by atoms with E-state index < -0.39 is 0 Å². The van der Waals surface area contributed by atoms with E-state index in [1.165, 1.54) is 0 Å². The molecule has 2 aliphatic heterocycles. The first-order chi connectivity index (χ1) is 13.8. The molecule has 0 aromatic carbocycles. The Bertz CT molecular complexity index is 726. The highest BCUT2D eigenvalue weighted by Crippen LogP contribution is 2.16. The van der Waals surface area contributed by atoms with Gasteiger partial charge in [0.15, 0.2) is 0 Å². The summed E-state index contributed by atoms with van der Waals surface area (Å²) < 4.78 is 11.3. The summed E-state index contributed by atoms with van der Waals surface area (Å²) in [6.45, 7) is 5.44. The minimum atomic E-state index is 0.151. The van der Waals surface area contributed by atoms with Gasteiger partial charge in [0, 0.05) is 51.7 Å². The Morgan fingerprint density at radius 2 is 2.00 bits per heavy atom. The number of hydrogen-bond acceptors (Lipinski definition) is 7. The van der Waals surface area contributed by atoms with Gasteiger partial charge in [0.05, 0.1) is 25.5 Å². The predicted molar refractivity (Wildman–Crippen MR) is 104 cm³/mol. The molecular formula is C20H27N5O3. The van der Waals surface area contributed by atoms with Crippen molar-refractivity contribution in [3.05, 3.63) is 42.6 Å². The molecule has 1 atom stereocenters. The van der Waals surface area contributed by atoms with Crippen LogP contribution in [0.25, 0.3) is 0 Å². The number of ether oxygens (including phenoxy) is 1. The molecule has 0 aliphatic carbocycles. The van der Waals surface area contributed by atoms with Crippen LogP contribution in [0.4, 0.5) is 5.95 Å². The first-order valence-electron chi connectivity index (χ1n) is 9.94. The highest BCUT2D eigenvalue weighted by Gasteiger charge is 2.26. The molecule has 0 radical (unpaired) electrons. The van der Waals surface area contributed by atoms with Gasteiger partial charge >= 0.3 is 0 Å². The van der Waals surface area contributed by atoms with Gasteiger partial charge in [0.25, 0.3) is 0 Å². The van der Waals surface area contributed by atoms with Gasteiger partial charge < -0.3 is 19.0 Å². The smallest absolute Gasteiger partial charge is 0.236 e. The van der Waals surface area contributed by atoms with Crippen LogP contribution in [0.15, 0.2) is 41.3 Å². The average Bonchev–Trinajstić information content (AvgIpc) is 3.43. The first kappa shape index (κ1) is 18.9. The summed E-state index contributed by atoms with van der Waals surface area (Å²) in [6.07, 6.45) is 7.52. The van der Waals surface area contributed by atoms with Crippen LogP contribution in [-0.2, 0) is 16.1 Å². The number of carbonyl (C=O) groups excluding carboxylic acids is 1. The van der Waals surface area contributed by atoms with Crippen molar-refractivity contribution in [1.29, 1.82) is 0 Å². The second kappa shape index (κ2) is 9.16. The van der Waals surface area contributed by atoms with Crippen LogP contribution in [0.3, 0.4) is 0 Å². The number of piperazine rings is 1. The van der Waals surface area contributed by atoms with Crippen LogP contribution in [0, 0.1) is 0 Å². The summed E-state index contributed by atoms with van der Waals surface area (Å²) >= 11 is 0. The van der Waals surface area contributed by atoms with E-state index in [1.54, 1.807) is 18.7 Å². The number of amides is 1. The highest BCUT2D eigenvalue weighted by atomic mass is 16.5. The number of furan rings is 1. The van der Waals surface area contributed by atoms with Gasteiger partial charge in [-0.25, -0.2) is 9.97 Å². The summed E-state index contributed by atoms with van der Waals surface area (Å²) in [5.74, 6) is 1.75. The standard InChI is InChI=1S/C20H27N5O3/c26-19(24-8-10-25(11-9-24)20-21-6-3-7-22-20)16-23(14-17-4-1-12-27-17)15-18-5-2-13-28-18/h1,3-4,6-7,12,18H,2,5,8-11,13-16H2. The van der Waals surface area contributed by atoms with Crippen molar-refractivity contribution in [3.8, 4) is 0 Å². The first-order valence-corrected chi connectivity index (χ1v) is 9.94. The Labute approximate surface area is 165 Å². The van der Waals surface area contributed by atoms with Crippen LogP contribution in [-0.4, -0.2) is 77.7 Å². The molecule has 28 heavy (non-hydrogen) atoms. The zero-order valence-corrected chi connectivity index (χ0v) is 16.1. The number of rotatable bonds is 7. The fraction of sp³-hybridized carbons (Fsp3) is 0.550. The maximum Gasteiger partial charge on any atom is 0.236 e. The molecule has 0 spiro atoms. The van der Waals surface area contributed by atoms with Gasteiger partial charge in [-0.15, -0.1) is 0 Å². The minimum absolute atomic E-state index is 0.151. The molecule has 0 bridgehead atoms. The summed E-state index contributed by atoms with van der Waals surface area (Å²) in [5.41, 5.74) is 0. The maximum absolute atomic E-state index is 12.9. The zero-order valence-electron chi connectivity index (χ0n) is 16.1. The molecule has 2 aliphatic rings. The van der Waals surface area contributed by atoms with Crippen molar-refractivity contribution in [2.45, 2.75) is 25.5 Å². The van der Waals surface area contributed by atoms with Crippen molar-refractivity contribution >= 4 is 11.9 Å². The molecule has 1 amide bonds. The maximum atomic E-state index is 12.9. The van der Waals surface area contributed by atoms with Crippen LogP contribution in [0.2, 0.25) is 0 Å². The topological polar surface area (TPSA) is 74.9 Å². The van der Waals surface area contributed by atoms with E-state index >= 15 is 0 Å². The monoisotopic (exact) mass is 385 g/mol. The van der Waals surface area contributed by atoms with E-state index in [0.717, 1.165) is 50.8 Å². The van der Waals surface area contributed by atoms with Crippen LogP contribution >= 0.6 is 0 Å². The molecule has 8 nitrogen and oxygen atoms in total. The third kappa shape index (κ3) is 4.88. The Hall–Kier alpha value is -2.45. The lowest BCUT2D eigenvalue weighted by Gasteiger charge is -2.36. The molecule has 150 valence electrons. The molecule has 0 saturated carbocycles. The lowest BCUT2D eigenvalue weighted by Crippen LogP contribution is -2.52. The molecule has 0 N–H and O–H groups in total. The van der Waals surface area contributed by atoms with Crippen molar-refractivity contribution in [2.24, 2.45) is 0 Å². The number of aromatic nitrogens is 2. The Morgan fingerprint density at radius 3 is 2.68 bits per heavy atom. The van der Waals surface area contributed by atoms with Gasteiger partial charge in [-0.05, 0) is 31.0 Å². The van der Waals surface area contributed by atoms with Crippen molar-refractivity contribution < 1.29 is 13.9 Å². The molecule has 4 rings (SSSR count). The third-order valence-electron chi connectivity index (χ3n) is 5.27. The second-order valence-electron chi connectivity index (χ2n) is 7.30. The molecule has 8 heteroatoms. The largest absolute Gasteiger partial charge is 0.468 e. The number of nitrogens with zero attached hydrogens (tertiary/aromatic N) is 5. The summed E-state index contributed by atoms with van der Waals surface area (Å²) in [4.78, 5) is 27.7. The fourth-order valence-electron chi connectivity index (χ4n) is 3.79. The SMILES string of the molecule is O=C(CN(Cc1ccco1)CC1CCCO1)N1CCN(c2ncccn2)CC1. The Morgan fingerprint density at radius 1 is 1.18 bits per heavy atom. The lowest BCUT2D eigenvalue weighted by molar-refractivity contribution is -0.133. The molecule has 4 heterocycles. The Balaban J connectivity index is 1.32. The van der Waals surface area contributed by atoms with Crippen molar-refractivity contribution in [2.75, 3.05) is 50.8 Å². The number of hydrogen-bond donors (Lipinski definition) is 0. The van der Waals surface area contributed by atoms with Gasteiger partial charge in [-0.2, -0.15) is 0 Å². The van der Waals surface area contributed by atoms with Gasteiger partial charge in [0.2, 0.25) is 11.9 Å². The van der Waals surface area contributed by atoms with Crippen molar-refractivity contribution in [1.82, 2.24) is 19.8 Å². The molecule has 2 aromatic heterocycles.